The largest absolute Gasteiger partial charge is 0.356 e. The summed E-state index contributed by atoms with van der Waals surface area (Å²) < 4.78 is 28.4. The third-order valence-corrected chi connectivity index (χ3v) is 10.0. The van der Waals surface area contributed by atoms with Gasteiger partial charge in [-0.25, -0.2) is 13.4 Å². The number of nitrogens with zero attached hydrogens (tertiary/aromatic N) is 5. The van der Waals surface area contributed by atoms with Crippen LogP contribution >= 0.6 is 0 Å². The second-order valence-electron chi connectivity index (χ2n) is 10.9. The first-order valence-electron chi connectivity index (χ1n) is 14.1. The quantitative estimate of drug-likeness (QED) is 0.602. The Labute approximate surface area is 222 Å². The fraction of sp³-hybridized carbons (Fsp3) is 0.643. The lowest BCUT2D eigenvalue weighted by molar-refractivity contribution is 0.136. The van der Waals surface area contributed by atoms with Crippen LogP contribution in [0.2, 0.25) is 0 Å². The molecule has 3 aliphatic heterocycles. The van der Waals surface area contributed by atoms with Crippen LogP contribution in [-0.4, -0.2) is 78.9 Å². The lowest BCUT2D eigenvalue weighted by Gasteiger charge is -2.39. The summed E-state index contributed by atoms with van der Waals surface area (Å²) in [5.41, 5.74) is 1.07. The monoisotopic (exact) mass is 526 g/mol. The van der Waals surface area contributed by atoms with Crippen molar-refractivity contribution in [1.82, 2.24) is 19.2 Å². The van der Waals surface area contributed by atoms with E-state index in [0.717, 1.165) is 69.7 Å². The minimum absolute atomic E-state index is 0.237. The molecule has 0 amide bonds. The van der Waals surface area contributed by atoms with Gasteiger partial charge in [-0.15, -0.1) is 0 Å². The van der Waals surface area contributed by atoms with E-state index < -0.39 is 10.0 Å². The normalized spacial score (nSPS) is 24.8. The van der Waals surface area contributed by atoms with Crippen molar-refractivity contribution < 1.29 is 8.42 Å². The molecule has 2 atom stereocenters. The zero-order valence-corrected chi connectivity index (χ0v) is 23.0. The molecule has 3 saturated heterocycles. The van der Waals surface area contributed by atoms with E-state index in [9.17, 15) is 8.42 Å². The number of likely N-dealkylation sites (tertiary alicyclic amines) is 1. The molecule has 0 saturated carbocycles. The number of hydrogen-bond donors (Lipinski definition) is 1. The van der Waals surface area contributed by atoms with Gasteiger partial charge in [0.15, 0.2) is 0 Å². The molecule has 2 aromatic rings. The highest BCUT2D eigenvalue weighted by Gasteiger charge is 2.34. The Hall–Kier alpha value is -2.23. The Morgan fingerprint density at radius 2 is 1.59 bits per heavy atom. The third-order valence-electron chi connectivity index (χ3n) is 8.14. The standard InChI is InChI=1S/C28H42N6O2S/c1-23-11-13-26(14-12-23)37(35,36)34-20-8-10-25(22-34)33-19-7-4-9-24(21-33)30-28-29-16-15-27(31-28)32-17-5-2-3-6-18-32/h11-16,24-25H,2-10,17-22H2,1H3,(H,29,30,31). The van der Waals surface area contributed by atoms with Crippen LogP contribution in [0.4, 0.5) is 11.8 Å². The van der Waals surface area contributed by atoms with Crippen molar-refractivity contribution in [3.8, 4) is 0 Å². The van der Waals surface area contributed by atoms with Crippen molar-refractivity contribution in [2.75, 3.05) is 49.5 Å². The lowest BCUT2D eigenvalue weighted by atomic mass is 10.1. The van der Waals surface area contributed by atoms with Crippen LogP contribution in [0.5, 0.6) is 0 Å². The molecule has 3 aliphatic rings. The summed E-state index contributed by atoms with van der Waals surface area (Å²) >= 11 is 0. The molecule has 1 N–H and O–H groups in total. The van der Waals surface area contributed by atoms with E-state index in [1.807, 2.05) is 31.3 Å². The number of sulfonamides is 1. The fourth-order valence-electron chi connectivity index (χ4n) is 5.99. The van der Waals surface area contributed by atoms with Crippen LogP contribution in [0.15, 0.2) is 41.4 Å². The maximum absolute atomic E-state index is 13.4. The number of aromatic nitrogens is 2. The van der Waals surface area contributed by atoms with Crippen molar-refractivity contribution in [2.45, 2.75) is 81.7 Å². The molecule has 1 aromatic heterocycles. The van der Waals surface area contributed by atoms with E-state index in [-0.39, 0.29) is 12.1 Å². The van der Waals surface area contributed by atoms with Crippen LogP contribution in [-0.2, 0) is 10.0 Å². The number of nitrogens with one attached hydrogen (secondary N) is 1. The average molecular weight is 527 g/mol. The van der Waals surface area contributed by atoms with Gasteiger partial charge in [0.05, 0.1) is 4.90 Å². The molecule has 2 unspecified atom stereocenters. The van der Waals surface area contributed by atoms with E-state index >= 15 is 0 Å². The van der Waals surface area contributed by atoms with Gasteiger partial charge >= 0.3 is 0 Å². The van der Waals surface area contributed by atoms with E-state index in [2.05, 4.69) is 20.1 Å². The molecule has 8 nitrogen and oxygen atoms in total. The summed E-state index contributed by atoms with van der Waals surface area (Å²) in [4.78, 5) is 14.7. The number of piperidine rings is 1. The molecule has 3 fully saturated rings. The van der Waals surface area contributed by atoms with Crippen LogP contribution in [0.1, 0.15) is 63.4 Å². The van der Waals surface area contributed by atoms with Crippen LogP contribution in [0.25, 0.3) is 0 Å². The second kappa shape index (κ2) is 12.1. The smallest absolute Gasteiger partial charge is 0.243 e. The van der Waals surface area contributed by atoms with Gasteiger partial charge in [-0.3, -0.25) is 4.90 Å². The Morgan fingerprint density at radius 1 is 0.838 bits per heavy atom. The molecule has 0 bridgehead atoms. The Bertz CT molecular complexity index is 1120. The van der Waals surface area contributed by atoms with Crippen molar-refractivity contribution in [1.29, 1.82) is 0 Å². The van der Waals surface area contributed by atoms with Crippen molar-refractivity contribution in [3.05, 3.63) is 42.1 Å². The zero-order chi connectivity index (χ0) is 25.7. The van der Waals surface area contributed by atoms with Crippen LogP contribution in [0.3, 0.4) is 0 Å². The SMILES string of the molecule is Cc1ccc(S(=O)(=O)N2CCCC(N3CCCCC(Nc4nccc(N5CCCCCC5)n4)C3)C2)cc1. The predicted molar refractivity (Wildman–Crippen MR) is 149 cm³/mol. The molecule has 0 aliphatic carbocycles. The molecule has 9 heteroatoms. The molecule has 1 aromatic carbocycles. The molecular weight excluding hydrogens is 484 g/mol. The van der Waals surface area contributed by atoms with Gasteiger partial charge in [0, 0.05) is 51.0 Å². The van der Waals surface area contributed by atoms with Gasteiger partial charge in [0.1, 0.15) is 5.82 Å². The molecule has 0 spiro atoms. The first-order chi connectivity index (χ1) is 18.0. The van der Waals surface area contributed by atoms with Gasteiger partial charge in [-0.1, -0.05) is 37.0 Å². The van der Waals surface area contributed by atoms with Gasteiger partial charge in [-0.05, 0) is 70.2 Å². The Morgan fingerprint density at radius 3 is 2.38 bits per heavy atom. The summed E-state index contributed by atoms with van der Waals surface area (Å²) in [5, 5.41) is 3.64. The number of benzene rings is 1. The molecule has 4 heterocycles. The second-order valence-corrected chi connectivity index (χ2v) is 12.9. The van der Waals surface area contributed by atoms with E-state index in [0.29, 0.717) is 23.9 Å². The Kier molecular flexibility index (Phi) is 8.62. The average Bonchev–Trinajstić information content (AvgIpc) is 3.33. The molecule has 0 radical (unpaired) electrons. The van der Waals surface area contributed by atoms with E-state index in [1.54, 1.807) is 16.4 Å². The van der Waals surface area contributed by atoms with Gasteiger partial charge in [-0.2, -0.15) is 9.29 Å². The predicted octanol–water partition coefficient (Wildman–Crippen LogP) is 4.29. The lowest BCUT2D eigenvalue weighted by Crippen LogP contribution is -2.51. The number of hydrogen-bond acceptors (Lipinski definition) is 7. The number of rotatable bonds is 6. The van der Waals surface area contributed by atoms with Crippen molar-refractivity contribution in [2.24, 2.45) is 0 Å². The summed E-state index contributed by atoms with van der Waals surface area (Å²) in [6, 6.07) is 9.75. The minimum atomic E-state index is -3.47. The van der Waals surface area contributed by atoms with Crippen molar-refractivity contribution in [3.63, 3.8) is 0 Å². The first kappa shape index (κ1) is 26.4. The highest BCUT2D eigenvalue weighted by molar-refractivity contribution is 7.89. The summed E-state index contributed by atoms with van der Waals surface area (Å²) in [7, 11) is -3.47. The van der Waals surface area contributed by atoms with Crippen LogP contribution < -0.4 is 10.2 Å². The molecule has 202 valence electrons. The highest BCUT2D eigenvalue weighted by atomic mass is 32.2. The van der Waals surface area contributed by atoms with Gasteiger partial charge in [0.25, 0.3) is 0 Å². The topological polar surface area (TPSA) is 81.7 Å². The van der Waals surface area contributed by atoms with E-state index in [4.69, 9.17) is 4.98 Å². The maximum Gasteiger partial charge on any atom is 0.243 e. The third kappa shape index (κ3) is 6.62. The molecular formula is C28H42N6O2S. The first-order valence-corrected chi connectivity index (χ1v) is 15.6. The molecule has 37 heavy (non-hydrogen) atoms. The molecule has 5 rings (SSSR count). The van der Waals surface area contributed by atoms with E-state index in [1.165, 1.54) is 25.7 Å². The zero-order valence-electron chi connectivity index (χ0n) is 22.2. The van der Waals surface area contributed by atoms with Crippen LogP contribution in [0, 0.1) is 6.92 Å². The fourth-order valence-corrected chi connectivity index (χ4v) is 7.51. The Balaban J connectivity index is 1.24. The highest BCUT2D eigenvalue weighted by Crippen LogP contribution is 2.26. The minimum Gasteiger partial charge on any atom is -0.356 e. The summed E-state index contributed by atoms with van der Waals surface area (Å²) in [6.07, 6.45) is 12.2. The summed E-state index contributed by atoms with van der Waals surface area (Å²) in [5.74, 6) is 1.73. The van der Waals surface area contributed by atoms with Crippen molar-refractivity contribution >= 4 is 21.8 Å². The van der Waals surface area contributed by atoms with Gasteiger partial charge < -0.3 is 10.2 Å². The van der Waals surface area contributed by atoms with Gasteiger partial charge in [0.2, 0.25) is 16.0 Å². The maximum atomic E-state index is 13.4. The summed E-state index contributed by atoms with van der Waals surface area (Å²) in [6.45, 7) is 7.17. The number of anilines is 2. The number of aryl methyl sites for hydroxylation is 1.